The van der Waals surface area contributed by atoms with Crippen LogP contribution >= 0.6 is 0 Å². The molecule has 2 unspecified atom stereocenters. The molecule has 1 heterocycles. The predicted octanol–water partition coefficient (Wildman–Crippen LogP) is 6.15. The molecule has 4 rings (SSSR count). The van der Waals surface area contributed by atoms with Gasteiger partial charge >= 0.3 is 0 Å². The number of methoxy groups -OCH3 is 1. The molecule has 1 amide bonds. The molecule has 0 radical (unpaired) electrons. The zero-order valence-electron chi connectivity index (χ0n) is 21.1. The van der Waals surface area contributed by atoms with Crippen LogP contribution in [0.2, 0.25) is 0 Å². The Labute approximate surface area is 208 Å². The third kappa shape index (κ3) is 5.91. The lowest BCUT2D eigenvalue weighted by Crippen LogP contribution is -2.46. The Morgan fingerprint density at radius 1 is 1.03 bits per heavy atom. The van der Waals surface area contributed by atoms with Crippen LogP contribution in [0.1, 0.15) is 61.9 Å². The van der Waals surface area contributed by atoms with E-state index in [-0.39, 0.29) is 35.8 Å². The summed E-state index contributed by atoms with van der Waals surface area (Å²) in [6, 6.07) is 22.7. The van der Waals surface area contributed by atoms with Gasteiger partial charge in [0.25, 0.3) is 0 Å². The molecule has 4 nitrogen and oxygen atoms in total. The molecule has 1 saturated heterocycles. The molecule has 3 aromatic carbocycles. The number of halogens is 1. The largest absolute Gasteiger partial charge is 0.496 e. The van der Waals surface area contributed by atoms with Gasteiger partial charge in [-0.25, -0.2) is 4.39 Å². The highest BCUT2D eigenvalue weighted by molar-refractivity contribution is 5.80. The fourth-order valence-corrected chi connectivity index (χ4v) is 4.84. The van der Waals surface area contributed by atoms with Gasteiger partial charge in [-0.1, -0.05) is 75.4 Å². The highest BCUT2D eigenvalue weighted by atomic mass is 19.1. The summed E-state index contributed by atoms with van der Waals surface area (Å²) < 4.78 is 19.0. The summed E-state index contributed by atoms with van der Waals surface area (Å²) in [5, 5.41) is 3.64. The van der Waals surface area contributed by atoms with Crippen LogP contribution in [0.3, 0.4) is 0 Å². The van der Waals surface area contributed by atoms with Crippen molar-refractivity contribution in [1.82, 2.24) is 10.2 Å². The van der Waals surface area contributed by atoms with E-state index in [2.05, 4.69) is 50.4 Å². The minimum atomic E-state index is -0.296. The van der Waals surface area contributed by atoms with Crippen LogP contribution in [-0.2, 0) is 23.2 Å². The monoisotopic (exact) mass is 474 g/mol. The minimum absolute atomic E-state index is 0.00412. The normalized spacial score (nSPS) is 18.0. The molecular weight excluding hydrogens is 439 g/mol. The van der Waals surface area contributed by atoms with Crippen LogP contribution < -0.4 is 10.1 Å². The molecule has 0 spiro atoms. The van der Waals surface area contributed by atoms with E-state index in [1.165, 1.54) is 17.7 Å². The maximum atomic E-state index is 13.6. The van der Waals surface area contributed by atoms with Crippen molar-refractivity contribution in [3.63, 3.8) is 0 Å². The number of nitrogens with zero attached hydrogens (tertiary/aromatic N) is 1. The van der Waals surface area contributed by atoms with Gasteiger partial charge in [0.1, 0.15) is 11.6 Å². The average Bonchev–Trinajstić information content (AvgIpc) is 3.28. The molecule has 2 atom stereocenters. The lowest BCUT2D eigenvalue weighted by Gasteiger charge is -2.32. The average molecular weight is 475 g/mol. The molecule has 35 heavy (non-hydrogen) atoms. The van der Waals surface area contributed by atoms with Gasteiger partial charge in [0.15, 0.2) is 0 Å². The van der Waals surface area contributed by atoms with E-state index in [0.717, 1.165) is 35.3 Å². The third-order valence-corrected chi connectivity index (χ3v) is 6.80. The first-order valence-electron chi connectivity index (χ1n) is 12.3. The molecule has 184 valence electrons. The molecule has 5 heteroatoms. The minimum Gasteiger partial charge on any atom is -0.496 e. The third-order valence-electron chi connectivity index (χ3n) is 6.80. The number of likely N-dealkylation sites (tertiary alicyclic amines) is 1. The number of amides is 1. The molecule has 1 aliphatic rings. The highest BCUT2D eigenvalue weighted by Crippen LogP contribution is 2.36. The zero-order chi connectivity index (χ0) is 25.0. The zero-order valence-corrected chi connectivity index (χ0v) is 21.1. The number of benzene rings is 3. The molecule has 3 aromatic rings. The molecule has 0 aliphatic carbocycles. The maximum absolute atomic E-state index is 13.6. The summed E-state index contributed by atoms with van der Waals surface area (Å²) in [4.78, 5) is 15.6. The predicted molar refractivity (Wildman–Crippen MR) is 138 cm³/mol. The van der Waals surface area contributed by atoms with E-state index >= 15 is 0 Å². The van der Waals surface area contributed by atoms with Crippen LogP contribution in [0.25, 0.3) is 0 Å². The van der Waals surface area contributed by atoms with Crippen LogP contribution in [0.4, 0.5) is 4.39 Å². The van der Waals surface area contributed by atoms with Crippen molar-refractivity contribution in [2.24, 2.45) is 0 Å². The summed E-state index contributed by atoms with van der Waals surface area (Å²) in [5.74, 6) is 0.582. The topological polar surface area (TPSA) is 41.6 Å². The van der Waals surface area contributed by atoms with Crippen molar-refractivity contribution in [3.8, 4) is 5.75 Å². The Hall–Kier alpha value is -3.18. The smallest absolute Gasteiger partial charge is 0.228 e. The number of rotatable bonds is 7. The maximum Gasteiger partial charge on any atom is 0.228 e. The van der Waals surface area contributed by atoms with Crippen molar-refractivity contribution in [2.45, 2.75) is 64.2 Å². The molecule has 0 bridgehead atoms. The molecule has 1 fully saturated rings. The summed E-state index contributed by atoms with van der Waals surface area (Å²) in [5.41, 5.74) is 4.30. The van der Waals surface area contributed by atoms with Crippen LogP contribution in [0.5, 0.6) is 5.75 Å². The quantitative estimate of drug-likeness (QED) is 0.446. The Morgan fingerprint density at radius 3 is 2.40 bits per heavy atom. The SMILES string of the molecule is COc1ccc(C(C)(C)C)cc1CNC1CCC(c2ccccc2)N1C(=O)Cc1ccc(F)cc1. The summed E-state index contributed by atoms with van der Waals surface area (Å²) in [6.45, 7) is 7.19. The Bertz CT molecular complexity index is 1140. The second-order valence-corrected chi connectivity index (χ2v) is 10.3. The molecule has 0 saturated carbocycles. The van der Waals surface area contributed by atoms with Crippen LogP contribution in [-0.4, -0.2) is 24.1 Å². The number of carbonyl (C=O) groups excluding carboxylic acids is 1. The second-order valence-electron chi connectivity index (χ2n) is 10.3. The van der Waals surface area contributed by atoms with Gasteiger partial charge in [-0.15, -0.1) is 0 Å². The molecule has 1 aliphatic heterocycles. The first-order valence-corrected chi connectivity index (χ1v) is 12.3. The first-order chi connectivity index (χ1) is 16.8. The summed E-state index contributed by atoms with van der Waals surface area (Å²) in [7, 11) is 1.69. The van der Waals surface area contributed by atoms with E-state index < -0.39 is 0 Å². The summed E-state index contributed by atoms with van der Waals surface area (Å²) in [6.07, 6.45) is 1.88. The van der Waals surface area contributed by atoms with E-state index in [4.69, 9.17) is 4.74 Å². The van der Waals surface area contributed by atoms with Gasteiger partial charge < -0.3 is 9.64 Å². The fraction of sp³-hybridized carbons (Fsp3) is 0.367. The molecular formula is C30H35FN2O2. The van der Waals surface area contributed by atoms with Crippen molar-refractivity contribution >= 4 is 5.91 Å². The molecule has 0 aromatic heterocycles. The molecule has 1 N–H and O–H groups in total. The van der Waals surface area contributed by atoms with Crippen molar-refractivity contribution < 1.29 is 13.9 Å². The van der Waals surface area contributed by atoms with Crippen LogP contribution in [0, 0.1) is 5.82 Å². The van der Waals surface area contributed by atoms with Gasteiger partial charge in [0.2, 0.25) is 5.91 Å². The Kier molecular flexibility index (Phi) is 7.56. The number of carbonyl (C=O) groups is 1. The lowest BCUT2D eigenvalue weighted by atomic mass is 9.86. The van der Waals surface area contributed by atoms with Gasteiger partial charge in [-0.05, 0) is 53.1 Å². The van der Waals surface area contributed by atoms with Gasteiger partial charge in [0, 0.05) is 12.1 Å². The van der Waals surface area contributed by atoms with Gasteiger partial charge in [0.05, 0.1) is 25.7 Å². The van der Waals surface area contributed by atoms with Crippen molar-refractivity contribution in [3.05, 3.63) is 101 Å². The fourth-order valence-electron chi connectivity index (χ4n) is 4.84. The van der Waals surface area contributed by atoms with Crippen molar-refractivity contribution in [2.75, 3.05) is 7.11 Å². The highest BCUT2D eigenvalue weighted by Gasteiger charge is 2.37. The number of ether oxygens (including phenoxy) is 1. The number of hydrogen-bond donors (Lipinski definition) is 1. The van der Waals surface area contributed by atoms with E-state index in [1.54, 1.807) is 19.2 Å². The van der Waals surface area contributed by atoms with Gasteiger partial charge in [-0.3, -0.25) is 10.1 Å². The van der Waals surface area contributed by atoms with E-state index in [0.29, 0.717) is 6.54 Å². The standard InChI is InChI=1S/C30H35FN2O2/c1-30(2,3)24-12-16-27(35-4)23(19-24)20-32-28-17-15-26(22-8-6-5-7-9-22)33(28)29(34)18-21-10-13-25(31)14-11-21/h5-14,16,19,26,28,32H,15,17-18,20H2,1-4H3. The number of hydrogen-bond acceptors (Lipinski definition) is 3. The van der Waals surface area contributed by atoms with E-state index in [9.17, 15) is 9.18 Å². The number of nitrogens with one attached hydrogen (secondary N) is 1. The van der Waals surface area contributed by atoms with E-state index in [1.807, 2.05) is 29.2 Å². The second kappa shape index (κ2) is 10.6. The summed E-state index contributed by atoms with van der Waals surface area (Å²) >= 11 is 0. The van der Waals surface area contributed by atoms with Gasteiger partial charge in [-0.2, -0.15) is 0 Å². The Balaban J connectivity index is 1.57. The lowest BCUT2D eigenvalue weighted by molar-refractivity contribution is -0.134. The Morgan fingerprint density at radius 2 is 1.74 bits per heavy atom. The van der Waals surface area contributed by atoms with Crippen LogP contribution in [0.15, 0.2) is 72.8 Å². The first kappa shape index (κ1) is 24.9. The van der Waals surface area contributed by atoms with Crippen molar-refractivity contribution in [1.29, 1.82) is 0 Å².